The van der Waals surface area contributed by atoms with E-state index in [4.69, 9.17) is 19.4 Å². The van der Waals surface area contributed by atoms with Crippen LogP contribution in [-0.4, -0.2) is 52.7 Å². The standard InChI is InChI=1S/C31H32N4O6S/c1-6-17-40-30(36)35(31(37)41-18-7-2)42(38,39)26-12-10-9-11-25(26)24-15-13-23(14-16-24)20-34-27(8-3)33-28-21(4)19-22(5)32-29(28)34/h6-7,9-16,19H,1-2,8,17-18,20H2,3-5H3. The molecule has 2 aromatic carbocycles. The maximum absolute atomic E-state index is 13.7. The molecule has 10 nitrogen and oxygen atoms in total. The summed E-state index contributed by atoms with van der Waals surface area (Å²) in [5, 5.41) is 0. The van der Waals surface area contributed by atoms with E-state index in [1.165, 1.54) is 24.3 Å². The molecule has 0 N–H and O–H groups in total. The van der Waals surface area contributed by atoms with Crippen LogP contribution in [0.4, 0.5) is 9.59 Å². The Morgan fingerprint density at radius 2 is 1.57 bits per heavy atom. The van der Waals surface area contributed by atoms with Crippen molar-refractivity contribution in [2.45, 2.75) is 38.6 Å². The van der Waals surface area contributed by atoms with Crippen molar-refractivity contribution < 1.29 is 27.5 Å². The van der Waals surface area contributed by atoms with Gasteiger partial charge in [-0.25, -0.2) is 28.0 Å². The fraction of sp³-hybridized carbons (Fsp3) is 0.226. The molecule has 0 aliphatic rings. The van der Waals surface area contributed by atoms with E-state index in [1.807, 2.05) is 39.0 Å². The maximum atomic E-state index is 13.7. The summed E-state index contributed by atoms with van der Waals surface area (Å²) in [6.45, 7) is 12.8. The minimum Gasteiger partial charge on any atom is -0.444 e. The SMILES string of the molecule is C=CCOC(=O)N(C(=O)OCC=C)S(=O)(=O)c1ccccc1-c1ccc(Cn2c(CC)nc3c(C)cc(C)nc32)cc1. The van der Waals surface area contributed by atoms with E-state index in [0.717, 1.165) is 40.2 Å². The second-order valence-electron chi connectivity index (χ2n) is 9.41. The summed E-state index contributed by atoms with van der Waals surface area (Å²) >= 11 is 0. The average molecular weight is 589 g/mol. The molecule has 0 saturated heterocycles. The first-order valence-electron chi connectivity index (χ1n) is 13.2. The molecule has 11 heteroatoms. The fourth-order valence-electron chi connectivity index (χ4n) is 4.53. The van der Waals surface area contributed by atoms with E-state index < -0.39 is 22.2 Å². The van der Waals surface area contributed by atoms with Crippen LogP contribution in [-0.2, 0) is 32.5 Å². The van der Waals surface area contributed by atoms with Crippen molar-refractivity contribution in [2.75, 3.05) is 13.2 Å². The molecule has 0 aliphatic heterocycles. The van der Waals surface area contributed by atoms with Gasteiger partial charge in [-0.05, 0) is 42.7 Å². The highest BCUT2D eigenvalue weighted by atomic mass is 32.2. The summed E-state index contributed by atoms with van der Waals surface area (Å²) in [7, 11) is -4.74. The average Bonchev–Trinajstić information content (AvgIpc) is 3.32. The number of ether oxygens (including phenoxy) is 2. The number of hydrogen-bond acceptors (Lipinski definition) is 8. The summed E-state index contributed by atoms with van der Waals surface area (Å²) in [5.41, 5.74) is 5.47. The predicted molar refractivity (Wildman–Crippen MR) is 159 cm³/mol. The Labute approximate surface area is 245 Å². The number of amides is 2. The molecule has 0 unspecified atom stereocenters. The molecular weight excluding hydrogens is 556 g/mol. The van der Waals surface area contributed by atoms with E-state index in [0.29, 0.717) is 12.1 Å². The molecule has 2 heterocycles. The van der Waals surface area contributed by atoms with Gasteiger partial charge in [0.05, 0.1) is 11.4 Å². The number of carbonyl (C=O) groups excluding carboxylic acids is 2. The molecule has 2 aromatic heterocycles. The lowest BCUT2D eigenvalue weighted by Gasteiger charge is -2.21. The number of nitrogens with zero attached hydrogens (tertiary/aromatic N) is 4. The lowest BCUT2D eigenvalue weighted by Crippen LogP contribution is -2.42. The molecule has 0 aliphatic carbocycles. The first-order chi connectivity index (χ1) is 20.1. The van der Waals surface area contributed by atoms with Crippen molar-refractivity contribution in [2.24, 2.45) is 0 Å². The first-order valence-corrected chi connectivity index (χ1v) is 14.7. The molecule has 0 spiro atoms. The van der Waals surface area contributed by atoms with Crippen LogP contribution in [0.2, 0.25) is 0 Å². The second-order valence-corrected chi connectivity index (χ2v) is 11.2. The van der Waals surface area contributed by atoms with Crippen LogP contribution in [0, 0.1) is 13.8 Å². The van der Waals surface area contributed by atoms with Crippen LogP contribution in [0.25, 0.3) is 22.3 Å². The van der Waals surface area contributed by atoms with Crippen LogP contribution in [0.15, 0.2) is 84.8 Å². The van der Waals surface area contributed by atoms with Crippen molar-refractivity contribution in [1.29, 1.82) is 0 Å². The largest absolute Gasteiger partial charge is 0.444 e. The summed E-state index contributed by atoms with van der Waals surface area (Å²) in [6.07, 6.45) is 0.419. The lowest BCUT2D eigenvalue weighted by atomic mass is 10.0. The van der Waals surface area contributed by atoms with Gasteiger partial charge in [-0.2, -0.15) is 0 Å². The Balaban J connectivity index is 1.71. The number of aromatic nitrogens is 3. The molecule has 218 valence electrons. The van der Waals surface area contributed by atoms with E-state index in [-0.39, 0.29) is 28.0 Å². The molecule has 0 atom stereocenters. The van der Waals surface area contributed by atoms with Gasteiger partial charge >= 0.3 is 12.2 Å². The van der Waals surface area contributed by atoms with Crippen molar-refractivity contribution in [3.63, 3.8) is 0 Å². The smallest absolute Gasteiger partial charge is 0.434 e. The summed E-state index contributed by atoms with van der Waals surface area (Å²) in [5.74, 6) is 0.915. The Morgan fingerprint density at radius 3 is 2.17 bits per heavy atom. The maximum Gasteiger partial charge on any atom is 0.434 e. The number of imidazole rings is 1. The number of benzene rings is 2. The quantitative estimate of drug-likeness (QED) is 0.208. The Bertz CT molecular complexity index is 1740. The highest BCUT2D eigenvalue weighted by Crippen LogP contribution is 2.31. The number of aryl methyl sites for hydroxylation is 3. The monoisotopic (exact) mass is 588 g/mol. The normalized spacial score (nSPS) is 11.2. The zero-order chi connectivity index (χ0) is 30.4. The highest BCUT2D eigenvalue weighted by Gasteiger charge is 2.39. The predicted octanol–water partition coefficient (Wildman–Crippen LogP) is 5.96. The van der Waals surface area contributed by atoms with Crippen LogP contribution in [0.3, 0.4) is 0 Å². The highest BCUT2D eigenvalue weighted by molar-refractivity contribution is 7.90. The topological polar surface area (TPSA) is 121 Å². The number of fused-ring (bicyclic) bond motifs is 1. The molecular formula is C31H32N4O6S. The number of hydrogen-bond donors (Lipinski definition) is 0. The van der Waals surface area contributed by atoms with Gasteiger partial charge in [0.1, 0.15) is 24.6 Å². The second kappa shape index (κ2) is 12.8. The van der Waals surface area contributed by atoms with Crippen molar-refractivity contribution in [3.05, 3.63) is 103 Å². The number of imide groups is 1. The van der Waals surface area contributed by atoms with Crippen LogP contribution < -0.4 is 0 Å². The van der Waals surface area contributed by atoms with E-state index >= 15 is 0 Å². The number of sulfonamides is 1. The van der Waals surface area contributed by atoms with Gasteiger partial charge < -0.3 is 14.0 Å². The lowest BCUT2D eigenvalue weighted by molar-refractivity contribution is 0.110. The van der Waals surface area contributed by atoms with E-state index in [1.54, 1.807) is 24.3 Å². The van der Waals surface area contributed by atoms with Gasteiger partial charge in [0, 0.05) is 17.7 Å². The van der Waals surface area contributed by atoms with E-state index in [9.17, 15) is 18.0 Å². The van der Waals surface area contributed by atoms with Gasteiger partial charge in [-0.1, -0.05) is 79.0 Å². The van der Waals surface area contributed by atoms with Crippen LogP contribution >= 0.6 is 0 Å². The zero-order valence-electron chi connectivity index (χ0n) is 23.7. The van der Waals surface area contributed by atoms with Crippen molar-refractivity contribution in [1.82, 2.24) is 18.8 Å². The Kier molecular flexibility index (Phi) is 9.21. The zero-order valence-corrected chi connectivity index (χ0v) is 24.6. The number of pyridine rings is 1. The molecule has 2 amide bonds. The third-order valence-electron chi connectivity index (χ3n) is 6.41. The van der Waals surface area contributed by atoms with E-state index in [2.05, 4.69) is 17.7 Å². The minimum absolute atomic E-state index is 0.0272. The summed E-state index contributed by atoms with van der Waals surface area (Å²) in [6, 6.07) is 15.4. The fourth-order valence-corrected chi connectivity index (χ4v) is 5.94. The Hall–Kier alpha value is -4.77. The van der Waals surface area contributed by atoms with Gasteiger partial charge in [-0.15, -0.1) is 0 Å². The molecule has 0 bridgehead atoms. The van der Waals surface area contributed by atoms with Gasteiger partial charge in [0.2, 0.25) is 0 Å². The molecule has 0 radical (unpaired) electrons. The third-order valence-corrected chi connectivity index (χ3v) is 8.10. The Morgan fingerprint density at radius 1 is 0.952 bits per heavy atom. The van der Waals surface area contributed by atoms with Crippen molar-refractivity contribution >= 4 is 33.4 Å². The van der Waals surface area contributed by atoms with Gasteiger partial charge in [0.15, 0.2) is 5.65 Å². The molecule has 0 saturated carbocycles. The molecule has 0 fully saturated rings. The third kappa shape index (κ3) is 6.10. The van der Waals surface area contributed by atoms with Crippen LogP contribution in [0.5, 0.6) is 0 Å². The molecule has 42 heavy (non-hydrogen) atoms. The minimum atomic E-state index is -4.74. The number of carbonyl (C=O) groups is 2. The first kappa shape index (κ1) is 30.2. The number of rotatable bonds is 10. The summed E-state index contributed by atoms with van der Waals surface area (Å²) < 4.78 is 39.3. The molecule has 4 aromatic rings. The van der Waals surface area contributed by atoms with Crippen LogP contribution in [0.1, 0.15) is 29.6 Å². The molecule has 4 rings (SSSR count). The summed E-state index contributed by atoms with van der Waals surface area (Å²) in [4.78, 5) is 34.6. The van der Waals surface area contributed by atoms with Gasteiger partial charge in [0.25, 0.3) is 10.0 Å². The van der Waals surface area contributed by atoms with Crippen molar-refractivity contribution in [3.8, 4) is 11.1 Å². The van der Waals surface area contributed by atoms with Gasteiger partial charge in [-0.3, -0.25) is 0 Å².